The van der Waals surface area contributed by atoms with E-state index >= 15 is 0 Å². The Morgan fingerprint density at radius 1 is 0.900 bits per heavy atom. The number of hydrogen-bond acceptors (Lipinski definition) is 1. The summed E-state index contributed by atoms with van der Waals surface area (Å²) in [5.74, 6) is 0.934. The van der Waals surface area contributed by atoms with Gasteiger partial charge in [0, 0.05) is 12.1 Å². The molecule has 3 rings (SSSR count). The molecule has 0 aliphatic heterocycles. The summed E-state index contributed by atoms with van der Waals surface area (Å²) in [5, 5.41) is 4.01. The van der Waals surface area contributed by atoms with Gasteiger partial charge in [-0.1, -0.05) is 50.5 Å². The van der Waals surface area contributed by atoms with E-state index in [1.165, 1.54) is 57.8 Å². The molecule has 3 atom stereocenters. The van der Waals surface area contributed by atoms with Crippen molar-refractivity contribution in [2.24, 2.45) is 5.92 Å². The fourth-order valence-electron chi connectivity index (χ4n) is 4.03. The smallest absolute Gasteiger partial charge is 0.0325 e. The Labute approximate surface area is 124 Å². The minimum atomic E-state index is 0.604. The summed E-state index contributed by atoms with van der Waals surface area (Å²) in [7, 11) is 0. The van der Waals surface area contributed by atoms with Crippen LogP contribution < -0.4 is 5.32 Å². The largest absolute Gasteiger partial charge is 0.307 e. The van der Waals surface area contributed by atoms with Gasteiger partial charge in [-0.25, -0.2) is 0 Å². The summed E-state index contributed by atoms with van der Waals surface area (Å²) in [4.78, 5) is 0. The Morgan fingerprint density at radius 3 is 2.75 bits per heavy atom. The standard InChI is InChI=1S/C19H29N/c1-15-7-6-10-17(14-13-15)20-19-12-5-3-9-16-8-2-4-11-18(16)19/h2,4,8,11,15,17,19-20H,3,5-7,9-10,12-14H2,1H3. The Bertz CT molecular complexity index is 426. The van der Waals surface area contributed by atoms with Gasteiger partial charge in [-0.3, -0.25) is 0 Å². The molecule has 0 amide bonds. The fraction of sp³-hybridized carbons (Fsp3) is 0.684. The maximum atomic E-state index is 4.01. The molecule has 1 fully saturated rings. The number of nitrogens with one attached hydrogen (secondary N) is 1. The Balaban J connectivity index is 1.70. The van der Waals surface area contributed by atoms with Crippen molar-refractivity contribution in [3.8, 4) is 0 Å². The van der Waals surface area contributed by atoms with Crippen molar-refractivity contribution in [2.45, 2.75) is 76.8 Å². The van der Waals surface area contributed by atoms with E-state index in [4.69, 9.17) is 0 Å². The van der Waals surface area contributed by atoms with Crippen molar-refractivity contribution in [1.82, 2.24) is 5.32 Å². The minimum Gasteiger partial charge on any atom is -0.307 e. The topological polar surface area (TPSA) is 12.0 Å². The van der Waals surface area contributed by atoms with Crippen LogP contribution in [0.4, 0.5) is 0 Å². The van der Waals surface area contributed by atoms with Gasteiger partial charge >= 0.3 is 0 Å². The summed E-state index contributed by atoms with van der Waals surface area (Å²) in [6, 6.07) is 10.5. The molecule has 1 aromatic rings. The molecule has 1 saturated carbocycles. The van der Waals surface area contributed by atoms with Gasteiger partial charge < -0.3 is 5.32 Å². The van der Waals surface area contributed by atoms with Crippen molar-refractivity contribution >= 4 is 0 Å². The third-order valence-corrected chi connectivity index (χ3v) is 5.31. The molecule has 0 heterocycles. The highest BCUT2D eigenvalue weighted by Gasteiger charge is 2.23. The second-order valence-corrected chi connectivity index (χ2v) is 6.97. The molecule has 0 radical (unpaired) electrons. The first-order valence-corrected chi connectivity index (χ1v) is 8.67. The molecule has 0 saturated heterocycles. The van der Waals surface area contributed by atoms with Crippen LogP contribution in [0.5, 0.6) is 0 Å². The van der Waals surface area contributed by atoms with Gasteiger partial charge in [0.2, 0.25) is 0 Å². The van der Waals surface area contributed by atoms with Crippen LogP contribution in [0.15, 0.2) is 24.3 Å². The lowest BCUT2D eigenvalue weighted by Gasteiger charge is -2.25. The van der Waals surface area contributed by atoms with E-state index in [9.17, 15) is 0 Å². The highest BCUT2D eigenvalue weighted by molar-refractivity contribution is 5.31. The van der Waals surface area contributed by atoms with Crippen LogP contribution in [0, 0.1) is 5.92 Å². The van der Waals surface area contributed by atoms with Gasteiger partial charge in [0.1, 0.15) is 0 Å². The molecule has 0 bridgehead atoms. The van der Waals surface area contributed by atoms with E-state index in [1.807, 2.05) is 0 Å². The van der Waals surface area contributed by atoms with Crippen molar-refractivity contribution in [3.63, 3.8) is 0 Å². The average Bonchev–Trinajstić information content (AvgIpc) is 2.79. The van der Waals surface area contributed by atoms with Crippen LogP contribution >= 0.6 is 0 Å². The SMILES string of the molecule is CC1CCCC(NC2CCCCc3ccccc32)CC1. The molecule has 0 spiro atoms. The van der Waals surface area contributed by atoms with Gasteiger partial charge in [-0.15, -0.1) is 0 Å². The van der Waals surface area contributed by atoms with Gasteiger partial charge in [-0.2, -0.15) is 0 Å². The number of benzene rings is 1. The predicted molar refractivity (Wildman–Crippen MR) is 85.9 cm³/mol. The summed E-state index contributed by atoms with van der Waals surface area (Å²) in [5.41, 5.74) is 3.17. The van der Waals surface area contributed by atoms with Crippen molar-refractivity contribution in [2.75, 3.05) is 0 Å². The first-order chi connectivity index (χ1) is 9.83. The molecular weight excluding hydrogens is 242 g/mol. The van der Waals surface area contributed by atoms with Crippen LogP contribution in [0.2, 0.25) is 0 Å². The molecular formula is C19H29N. The summed E-state index contributed by atoms with van der Waals surface area (Å²) in [6.45, 7) is 2.42. The molecule has 1 N–H and O–H groups in total. The third-order valence-electron chi connectivity index (χ3n) is 5.31. The maximum Gasteiger partial charge on any atom is 0.0325 e. The molecule has 0 aromatic heterocycles. The van der Waals surface area contributed by atoms with Crippen LogP contribution in [-0.4, -0.2) is 6.04 Å². The Morgan fingerprint density at radius 2 is 1.80 bits per heavy atom. The van der Waals surface area contributed by atoms with Gasteiger partial charge in [-0.05, 0) is 55.6 Å². The summed E-state index contributed by atoms with van der Waals surface area (Å²) >= 11 is 0. The second-order valence-electron chi connectivity index (χ2n) is 6.97. The Hall–Kier alpha value is -0.820. The molecule has 3 unspecified atom stereocenters. The number of fused-ring (bicyclic) bond motifs is 1. The lowest BCUT2D eigenvalue weighted by atomic mass is 9.97. The van der Waals surface area contributed by atoms with Gasteiger partial charge in [0.15, 0.2) is 0 Å². The first kappa shape index (κ1) is 14.1. The molecule has 1 aromatic carbocycles. The van der Waals surface area contributed by atoms with E-state index in [0.717, 1.165) is 12.0 Å². The van der Waals surface area contributed by atoms with Crippen LogP contribution in [0.3, 0.4) is 0 Å². The van der Waals surface area contributed by atoms with Crippen LogP contribution in [0.1, 0.15) is 75.5 Å². The number of rotatable bonds is 2. The molecule has 2 aliphatic carbocycles. The number of hydrogen-bond donors (Lipinski definition) is 1. The van der Waals surface area contributed by atoms with Crippen molar-refractivity contribution < 1.29 is 0 Å². The van der Waals surface area contributed by atoms with Crippen LogP contribution in [0.25, 0.3) is 0 Å². The quantitative estimate of drug-likeness (QED) is 0.589. The molecule has 2 aliphatic rings. The van der Waals surface area contributed by atoms with Crippen molar-refractivity contribution in [3.05, 3.63) is 35.4 Å². The van der Waals surface area contributed by atoms with Gasteiger partial charge in [0.25, 0.3) is 0 Å². The number of aryl methyl sites for hydroxylation is 1. The summed E-state index contributed by atoms with van der Waals surface area (Å²) < 4.78 is 0. The first-order valence-electron chi connectivity index (χ1n) is 8.67. The highest BCUT2D eigenvalue weighted by Crippen LogP contribution is 2.31. The van der Waals surface area contributed by atoms with E-state index < -0.39 is 0 Å². The van der Waals surface area contributed by atoms with E-state index in [1.54, 1.807) is 11.1 Å². The fourth-order valence-corrected chi connectivity index (χ4v) is 4.03. The second kappa shape index (κ2) is 6.76. The molecule has 1 nitrogen and oxygen atoms in total. The highest BCUT2D eigenvalue weighted by atomic mass is 15.0. The molecule has 1 heteroatoms. The zero-order valence-corrected chi connectivity index (χ0v) is 12.9. The third kappa shape index (κ3) is 3.44. The molecule has 20 heavy (non-hydrogen) atoms. The van der Waals surface area contributed by atoms with Gasteiger partial charge in [0.05, 0.1) is 0 Å². The normalized spacial score (nSPS) is 31.1. The lowest BCUT2D eigenvalue weighted by Crippen LogP contribution is -2.32. The average molecular weight is 271 g/mol. The molecule has 110 valence electrons. The Kier molecular flexibility index (Phi) is 4.77. The minimum absolute atomic E-state index is 0.604. The zero-order valence-electron chi connectivity index (χ0n) is 12.9. The van der Waals surface area contributed by atoms with Crippen molar-refractivity contribution in [1.29, 1.82) is 0 Å². The van der Waals surface area contributed by atoms with E-state index in [0.29, 0.717) is 6.04 Å². The summed E-state index contributed by atoms with van der Waals surface area (Å²) in [6.07, 6.45) is 12.3. The lowest BCUT2D eigenvalue weighted by molar-refractivity contribution is 0.378. The predicted octanol–water partition coefficient (Wildman–Crippen LogP) is 5.01. The zero-order chi connectivity index (χ0) is 13.8. The van der Waals surface area contributed by atoms with E-state index in [2.05, 4.69) is 36.5 Å². The monoisotopic (exact) mass is 271 g/mol. The van der Waals surface area contributed by atoms with Crippen LogP contribution in [-0.2, 0) is 6.42 Å². The maximum absolute atomic E-state index is 4.01. The van der Waals surface area contributed by atoms with E-state index in [-0.39, 0.29) is 0 Å².